The van der Waals surface area contributed by atoms with Crippen LogP contribution in [0.25, 0.3) is 11.1 Å². The number of H-pyrrole nitrogens is 1. The van der Waals surface area contributed by atoms with Gasteiger partial charge in [0.05, 0.1) is 19.6 Å². The molecule has 0 aliphatic carbocycles. The number of methoxy groups -OCH3 is 1. The fourth-order valence-electron chi connectivity index (χ4n) is 4.02. The highest BCUT2D eigenvalue weighted by Crippen LogP contribution is 2.22. The molecule has 0 saturated carbocycles. The first-order valence-electron chi connectivity index (χ1n) is 11.6. The zero-order valence-corrected chi connectivity index (χ0v) is 20.0. The van der Waals surface area contributed by atoms with E-state index in [0.29, 0.717) is 0 Å². The van der Waals surface area contributed by atoms with Gasteiger partial charge in [0.25, 0.3) is 5.56 Å². The second kappa shape index (κ2) is 11.3. The Hall–Kier alpha value is -4.43. The van der Waals surface area contributed by atoms with Gasteiger partial charge in [-0.25, -0.2) is 4.79 Å². The van der Waals surface area contributed by atoms with Crippen LogP contribution in [0.2, 0.25) is 0 Å². The molecule has 1 aromatic heterocycles. The molecular weight excluding hydrogens is 456 g/mol. The molecule has 1 heterocycles. The van der Waals surface area contributed by atoms with Crippen molar-refractivity contribution in [2.24, 2.45) is 0 Å². The van der Waals surface area contributed by atoms with E-state index in [9.17, 15) is 14.4 Å². The first kappa shape index (κ1) is 24.7. The second-order valence-electron chi connectivity index (χ2n) is 8.34. The van der Waals surface area contributed by atoms with Crippen LogP contribution in [0.15, 0.2) is 94.5 Å². The third-order valence-electron chi connectivity index (χ3n) is 5.90. The maximum absolute atomic E-state index is 13.4. The Morgan fingerprint density at radius 3 is 2.14 bits per heavy atom. The van der Waals surface area contributed by atoms with Crippen molar-refractivity contribution in [2.45, 2.75) is 13.0 Å². The van der Waals surface area contributed by atoms with E-state index >= 15 is 0 Å². The van der Waals surface area contributed by atoms with E-state index in [-0.39, 0.29) is 43.5 Å². The number of nitrogens with zero attached hydrogens (tertiary/aromatic N) is 2. The molecule has 184 valence electrons. The van der Waals surface area contributed by atoms with Crippen molar-refractivity contribution < 1.29 is 9.53 Å². The van der Waals surface area contributed by atoms with E-state index in [1.807, 2.05) is 84.9 Å². The quantitative estimate of drug-likeness (QED) is 0.379. The summed E-state index contributed by atoms with van der Waals surface area (Å²) in [7, 11) is 1.51. The zero-order valence-electron chi connectivity index (χ0n) is 20.0. The molecule has 8 nitrogen and oxygen atoms in total. The highest BCUT2D eigenvalue weighted by atomic mass is 16.5. The Morgan fingerprint density at radius 2 is 1.50 bits per heavy atom. The number of aromatic amines is 1. The number of hydrogen-bond acceptors (Lipinski definition) is 5. The van der Waals surface area contributed by atoms with Gasteiger partial charge in [0.1, 0.15) is 5.82 Å². The van der Waals surface area contributed by atoms with Gasteiger partial charge < -0.3 is 15.4 Å². The Balaban J connectivity index is 1.64. The molecule has 0 bridgehead atoms. The molecule has 0 radical (unpaired) electrons. The van der Waals surface area contributed by atoms with Gasteiger partial charge in [-0.2, -0.15) is 0 Å². The molecule has 0 unspecified atom stereocenters. The van der Waals surface area contributed by atoms with Crippen LogP contribution < -0.4 is 21.9 Å². The lowest BCUT2D eigenvalue weighted by Crippen LogP contribution is -2.43. The van der Waals surface area contributed by atoms with Crippen molar-refractivity contribution in [1.82, 2.24) is 9.55 Å². The van der Waals surface area contributed by atoms with Crippen LogP contribution in [-0.2, 0) is 22.5 Å². The van der Waals surface area contributed by atoms with Gasteiger partial charge in [-0.15, -0.1) is 0 Å². The molecular formula is C28H28N4O4. The number of anilines is 2. The summed E-state index contributed by atoms with van der Waals surface area (Å²) >= 11 is 0. The van der Waals surface area contributed by atoms with Crippen molar-refractivity contribution in [3.8, 4) is 11.1 Å². The Morgan fingerprint density at radius 1 is 0.889 bits per heavy atom. The van der Waals surface area contributed by atoms with Crippen molar-refractivity contribution in [3.63, 3.8) is 0 Å². The van der Waals surface area contributed by atoms with Crippen LogP contribution in [0, 0.1) is 0 Å². The molecule has 0 atom stereocenters. The summed E-state index contributed by atoms with van der Waals surface area (Å²) in [4.78, 5) is 42.4. The predicted octanol–water partition coefficient (Wildman–Crippen LogP) is 3.06. The van der Waals surface area contributed by atoms with Crippen LogP contribution >= 0.6 is 0 Å². The highest BCUT2D eigenvalue weighted by Gasteiger charge is 2.24. The minimum absolute atomic E-state index is 0.0511. The SMILES string of the molecule is COCCN(C(=O)Cc1ccc(-c2ccccc2)cc1)c1c(N)n(Cc2ccccc2)c(=O)[nH]c1=O. The minimum atomic E-state index is -0.717. The monoisotopic (exact) mass is 484 g/mol. The molecule has 1 amide bonds. The number of nitrogens with one attached hydrogen (secondary N) is 1. The number of carbonyl (C=O) groups is 1. The molecule has 0 spiro atoms. The van der Waals surface area contributed by atoms with Crippen molar-refractivity contribution in [3.05, 3.63) is 117 Å². The highest BCUT2D eigenvalue weighted by molar-refractivity contribution is 5.96. The average Bonchev–Trinajstić information content (AvgIpc) is 2.90. The Labute approximate surface area is 208 Å². The normalized spacial score (nSPS) is 10.8. The topological polar surface area (TPSA) is 110 Å². The average molecular weight is 485 g/mol. The number of ether oxygens (including phenoxy) is 1. The number of benzene rings is 3. The van der Waals surface area contributed by atoms with Crippen LogP contribution in [0.4, 0.5) is 11.5 Å². The molecule has 4 rings (SSSR count). The molecule has 0 aliphatic rings. The number of rotatable bonds is 9. The number of aromatic nitrogens is 2. The lowest BCUT2D eigenvalue weighted by Gasteiger charge is -2.24. The van der Waals surface area contributed by atoms with E-state index in [1.165, 1.54) is 16.6 Å². The maximum Gasteiger partial charge on any atom is 0.330 e. The van der Waals surface area contributed by atoms with Gasteiger partial charge >= 0.3 is 5.69 Å². The predicted molar refractivity (Wildman–Crippen MR) is 141 cm³/mol. The zero-order chi connectivity index (χ0) is 25.5. The molecule has 0 fully saturated rings. The van der Waals surface area contributed by atoms with Gasteiger partial charge in [-0.3, -0.25) is 19.1 Å². The molecule has 4 aromatic rings. The molecule has 8 heteroatoms. The van der Waals surface area contributed by atoms with E-state index in [1.54, 1.807) is 0 Å². The minimum Gasteiger partial charge on any atom is -0.383 e. The van der Waals surface area contributed by atoms with Crippen LogP contribution in [-0.4, -0.2) is 35.7 Å². The lowest BCUT2D eigenvalue weighted by molar-refractivity contribution is -0.118. The molecule has 3 N–H and O–H groups in total. The van der Waals surface area contributed by atoms with Crippen molar-refractivity contribution >= 4 is 17.4 Å². The van der Waals surface area contributed by atoms with Gasteiger partial charge in [0.15, 0.2) is 5.69 Å². The van der Waals surface area contributed by atoms with Gasteiger partial charge in [0, 0.05) is 13.7 Å². The standard InChI is InChI=1S/C28H28N4O4/c1-36-17-16-31(24(33)18-20-12-14-23(15-13-20)22-10-6-3-7-11-22)25-26(29)32(28(35)30-27(25)34)19-21-8-4-2-5-9-21/h2-15H,16-19,29H2,1H3,(H,30,34,35). The van der Waals surface area contributed by atoms with Gasteiger partial charge in [-0.1, -0.05) is 84.9 Å². The number of amides is 1. The first-order chi connectivity index (χ1) is 17.5. The third-order valence-corrected chi connectivity index (χ3v) is 5.90. The summed E-state index contributed by atoms with van der Waals surface area (Å²) < 4.78 is 6.43. The first-order valence-corrected chi connectivity index (χ1v) is 11.6. The lowest BCUT2D eigenvalue weighted by atomic mass is 10.0. The number of hydrogen-bond donors (Lipinski definition) is 2. The molecule has 3 aromatic carbocycles. The number of nitrogens with two attached hydrogens (primary N) is 1. The van der Waals surface area contributed by atoms with Gasteiger partial charge in [0.2, 0.25) is 5.91 Å². The smallest absolute Gasteiger partial charge is 0.330 e. The summed E-state index contributed by atoms with van der Waals surface area (Å²) in [6, 6.07) is 26.9. The largest absolute Gasteiger partial charge is 0.383 e. The summed E-state index contributed by atoms with van der Waals surface area (Å²) in [6.45, 7) is 0.451. The van der Waals surface area contributed by atoms with E-state index in [2.05, 4.69) is 4.98 Å². The summed E-state index contributed by atoms with van der Waals surface area (Å²) in [5.41, 5.74) is 8.65. The summed E-state index contributed by atoms with van der Waals surface area (Å²) in [5, 5.41) is 0. The molecule has 0 saturated heterocycles. The third kappa shape index (κ3) is 5.61. The number of carbonyl (C=O) groups excluding carboxylic acids is 1. The van der Waals surface area contributed by atoms with E-state index in [4.69, 9.17) is 10.5 Å². The Kier molecular flexibility index (Phi) is 7.77. The summed E-state index contributed by atoms with van der Waals surface area (Å²) in [5.74, 6) is -0.405. The van der Waals surface area contributed by atoms with Crippen LogP contribution in [0.3, 0.4) is 0 Å². The number of nitrogen functional groups attached to an aromatic ring is 1. The summed E-state index contributed by atoms with van der Waals surface area (Å²) in [6.07, 6.45) is 0.0511. The Bertz CT molecular complexity index is 1430. The van der Waals surface area contributed by atoms with E-state index < -0.39 is 11.2 Å². The fourth-order valence-corrected chi connectivity index (χ4v) is 4.02. The van der Waals surface area contributed by atoms with E-state index in [0.717, 1.165) is 22.3 Å². The molecule has 0 aliphatic heterocycles. The second-order valence-corrected chi connectivity index (χ2v) is 8.34. The van der Waals surface area contributed by atoms with Gasteiger partial charge in [-0.05, 0) is 22.3 Å². The maximum atomic E-state index is 13.4. The fraction of sp³-hybridized carbons (Fsp3) is 0.179. The van der Waals surface area contributed by atoms with Crippen LogP contribution in [0.5, 0.6) is 0 Å². The molecule has 36 heavy (non-hydrogen) atoms. The van der Waals surface area contributed by atoms with Crippen molar-refractivity contribution in [1.29, 1.82) is 0 Å². The van der Waals surface area contributed by atoms with Crippen LogP contribution in [0.1, 0.15) is 11.1 Å². The van der Waals surface area contributed by atoms with Crippen molar-refractivity contribution in [2.75, 3.05) is 30.9 Å².